The van der Waals surface area contributed by atoms with Crippen LogP contribution in [-0.4, -0.2) is 35.3 Å². The standard InChI is InChI=1S/C17H33N3O/c1-16(2,3)12-21-14-11-9-7-8-10-13-15(14)18-19-20(13)17(4,5)6/h13-15H,7-12H2,1-6H3. The summed E-state index contributed by atoms with van der Waals surface area (Å²) in [5, 5.41) is 11.3. The molecule has 2 rings (SSSR count). The van der Waals surface area contributed by atoms with Crippen LogP contribution < -0.4 is 0 Å². The Labute approximate surface area is 130 Å². The van der Waals surface area contributed by atoms with E-state index in [1.807, 2.05) is 0 Å². The van der Waals surface area contributed by atoms with Gasteiger partial charge in [-0.2, -0.15) is 5.11 Å². The summed E-state index contributed by atoms with van der Waals surface area (Å²) in [6.45, 7) is 14.1. The minimum atomic E-state index is 0.0384. The average Bonchev–Trinajstić information content (AvgIpc) is 2.70. The van der Waals surface area contributed by atoms with Crippen molar-refractivity contribution in [3.63, 3.8) is 0 Å². The van der Waals surface area contributed by atoms with Crippen molar-refractivity contribution in [3.8, 4) is 0 Å². The van der Waals surface area contributed by atoms with Crippen LogP contribution in [0, 0.1) is 5.41 Å². The van der Waals surface area contributed by atoms with Gasteiger partial charge in [0.05, 0.1) is 24.3 Å². The summed E-state index contributed by atoms with van der Waals surface area (Å²) < 4.78 is 6.28. The Balaban J connectivity index is 2.09. The van der Waals surface area contributed by atoms with Crippen molar-refractivity contribution in [1.82, 2.24) is 5.01 Å². The van der Waals surface area contributed by atoms with Crippen LogP contribution in [0.1, 0.15) is 73.6 Å². The van der Waals surface area contributed by atoms with Crippen LogP contribution in [0.2, 0.25) is 0 Å². The van der Waals surface area contributed by atoms with Gasteiger partial charge >= 0.3 is 0 Å². The maximum atomic E-state index is 6.28. The molecule has 1 aliphatic heterocycles. The van der Waals surface area contributed by atoms with Crippen LogP contribution in [0.25, 0.3) is 0 Å². The molecule has 1 heterocycles. The summed E-state index contributed by atoms with van der Waals surface area (Å²) in [6.07, 6.45) is 6.37. The molecule has 0 aromatic heterocycles. The van der Waals surface area contributed by atoms with E-state index in [4.69, 9.17) is 4.74 Å². The molecule has 1 fully saturated rings. The summed E-state index contributed by atoms with van der Waals surface area (Å²) in [7, 11) is 0. The van der Waals surface area contributed by atoms with Crippen LogP contribution in [0.5, 0.6) is 0 Å². The van der Waals surface area contributed by atoms with E-state index in [9.17, 15) is 0 Å². The minimum Gasteiger partial charge on any atom is -0.375 e. The first kappa shape index (κ1) is 16.7. The van der Waals surface area contributed by atoms with Crippen molar-refractivity contribution in [2.24, 2.45) is 15.8 Å². The van der Waals surface area contributed by atoms with Crippen LogP contribution in [0.15, 0.2) is 10.3 Å². The van der Waals surface area contributed by atoms with Gasteiger partial charge in [-0.15, -0.1) is 0 Å². The Morgan fingerprint density at radius 1 is 1.00 bits per heavy atom. The lowest BCUT2D eigenvalue weighted by Gasteiger charge is -2.39. The molecule has 0 aromatic rings. The van der Waals surface area contributed by atoms with E-state index in [1.165, 1.54) is 25.7 Å². The van der Waals surface area contributed by atoms with Crippen molar-refractivity contribution >= 4 is 0 Å². The third kappa shape index (κ3) is 4.41. The third-order valence-electron chi connectivity index (χ3n) is 4.28. The Bertz CT molecular complexity index is 367. The van der Waals surface area contributed by atoms with Crippen molar-refractivity contribution < 1.29 is 4.74 Å². The number of rotatable bonds is 2. The predicted molar refractivity (Wildman–Crippen MR) is 86.3 cm³/mol. The van der Waals surface area contributed by atoms with Crippen molar-refractivity contribution in [2.75, 3.05) is 6.61 Å². The van der Waals surface area contributed by atoms with Crippen molar-refractivity contribution in [2.45, 2.75) is 97.4 Å². The lowest BCUT2D eigenvalue weighted by molar-refractivity contribution is -0.0292. The summed E-state index contributed by atoms with van der Waals surface area (Å²) in [5.41, 5.74) is 0.244. The summed E-state index contributed by atoms with van der Waals surface area (Å²) in [6, 6.07) is 0.627. The highest BCUT2D eigenvalue weighted by atomic mass is 16.5. The van der Waals surface area contributed by atoms with Crippen LogP contribution in [-0.2, 0) is 4.74 Å². The zero-order chi connectivity index (χ0) is 15.7. The molecule has 4 nitrogen and oxygen atoms in total. The topological polar surface area (TPSA) is 37.2 Å². The highest BCUT2D eigenvalue weighted by Gasteiger charge is 2.43. The van der Waals surface area contributed by atoms with Crippen molar-refractivity contribution in [1.29, 1.82) is 0 Å². The predicted octanol–water partition coefficient (Wildman–Crippen LogP) is 4.60. The molecular weight excluding hydrogens is 262 g/mol. The van der Waals surface area contributed by atoms with Gasteiger partial charge in [0.2, 0.25) is 0 Å². The molecule has 0 saturated heterocycles. The number of ether oxygens (including phenoxy) is 1. The average molecular weight is 295 g/mol. The maximum Gasteiger partial charge on any atom is 0.121 e. The molecule has 0 radical (unpaired) electrons. The van der Waals surface area contributed by atoms with E-state index in [0.717, 1.165) is 13.0 Å². The van der Waals surface area contributed by atoms with E-state index in [-0.39, 0.29) is 23.1 Å². The van der Waals surface area contributed by atoms with E-state index >= 15 is 0 Å². The molecule has 0 aromatic carbocycles. The first-order valence-corrected chi connectivity index (χ1v) is 8.50. The Morgan fingerprint density at radius 3 is 2.29 bits per heavy atom. The van der Waals surface area contributed by atoms with Gasteiger partial charge in [0.25, 0.3) is 0 Å². The fraction of sp³-hybridized carbons (Fsp3) is 1.00. The monoisotopic (exact) mass is 295 g/mol. The first-order valence-electron chi connectivity index (χ1n) is 8.50. The number of fused-ring (bicyclic) bond motifs is 1. The molecule has 1 saturated carbocycles. The van der Waals surface area contributed by atoms with Crippen LogP contribution in [0.4, 0.5) is 0 Å². The number of nitrogens with zero attached hydrogens (tertiary/aromatic N) is 3. The van der Waals surface area contributed by atoms with Gasteiger partial charge in [-0.3, -0.25) is 5.01 Å². The molecule has 122 valence electrons. The number of hydrogen-bond donors (Lipinski definition) is 0. The highest BCUT2D eigenvalue weighted by molar-refractivity contribution is 4.97. The van der Waals surface area contributed by atoms with E-state index in [0.29, 0.717) is 6.04 Å². The quantitative estimate of drug-likeness (QED) is 0.746. The SMILES string of the molecule is CC(C)(C)COC1CCCCCC2C1N=NN2C(C)(C)C. The molecule has 2 aliphatic rings. The molecular formula is C17H33N3O. The van der Waals surface area contributed by atoms with Gasteiger partial charge < -0.3 is 4.74 Å². The molecule has 3 unspecified atom stereocenters. The molecule has 0 bridgehead atoms. The number of hydrogen-bond acceptors (Lipinski definition) is 4. The fourth-order valence-electron chi connectivity index (χ4n) is 3.24. The zero-order valence-electron chi connectivity index (χ0n) is 14.7. The zero-order valence-corrected chi connectivity index (χ0v) is 14.7. The lowest BCUT2D eigenvalue weighted by Crippen LogP contribution is -2.50. The molecule has 0 N–H and O–H groups in total. The second kappa shape index (κ2) is 6.23. The second-order valence-corrected chi connectivity index (χ2v) is 8.83. The molecule has 0 amide bonds. The Hall–Kier alpha value is -0.640. The van der Waals surface area contributed by atoms with Gasteiger partial charge in [-0.25, -0.2) is 0 Å². The smallest absolute Gasteiger partial charge is 0.121 e. The Kier molecular flexibility index (Phi) is 4.96. The third-order valence-corrected chi connectivity index (χ3v) is 4.28. The van der Waals surface area contributed by atoms with E-state index in [2.05, 4.69) is 56.9 Å². The first-order chi connectivity index (χ1) is 9.68. The normalized spacial score (nSPS) is 31.0. The molecule has 4 heteroatoms. The van der Waals surface area contributed by atoms with Gasteiger partial charge in [0.1, 0.15) is 6.04 Å². The highest BCUT2D eigenvalue weighted by Crippen LogP contribution is 2.35. The molecule has 0 spiro atoms. The lowest BCUT2D eigenvalue weighted by atomic mass is 9.88. The van der Waals surface area contributed by atoms with Gasteiger partial charge in [-0.1, -0.05) is 45.3 Å². The Morgan fingerprint density at radius 2 is 1.67 bits per heavy atom. The van der Waals surface area contributed by atoms with Gasteiger partial charge in [0.15, 0.2) is 0 Å². The molecule has 3 atom stereocenters. The summed E-state index contributed by atoms with van der Waals surface area (Å²) in [4.78, 5) is 0. The van der Waals surface area contributed by atoms with Gasteiger partial charge in [-0.05, 0) is 39.0 Å². The molecule has 1 aliphatic carbocycles. The van der Waals surface area contributed by atoms with Gasteiger partial charge in [0, 0.05) is 0 Å². The largest absolute Gasteiger partial charge is 0.375 e. The summed E-state index contributed by atoms with van der Waals surface area (Å²) in [5.74, 6) is 0. The molecule has 21 heavy (non-hydrogen) atoms. The van der Waals surface area contributed by atoms with Crippen LogP contribution >= 0.6 is 0 Å². The minimum absolute atomic E-state index is 0.0384. The van der Waals surface area contributed by atoms with E-state index < -0.39 is 0 Å². The fourth-order valence-corrected chi connectivity index (χ4v) is 3.24. The second-order valence-electron chi connectivity index (χ2n) is 8.83. The van der Waals surface area contributed by atoms with E-state index in [1.54, 1.807) is 0 Å². The van der Waals surface area contributed by atoms with Crippen molar-refractivity contribution in [3.05, 3.63) is 0 Å². The summed E-state index contributed by atoms with van der Waals surface area (Å²) >= 11 is 0. The maximum absolute atomic E-state index is 6.28. The van der Waals surface area contributed by atoms with Crippen LogP contribution in [0.3, 0.4) is 0 Å².